The van der Waals surface area contributed by atoms with Crippen molar-refractivity contribution >= 4 is 50.2 Å². The Labute approximate surface area is 194 Å². The van der Waals surface area contributed by atoms with Gasteiger partial charge in [-0.1, -0.05) is 6.07 Å². The summed E-state index contributed by atoms with van der Waals surface area (Å²) in [5.74, 6) is 0.509. The second-order valence-electron chi connectivity index (χ2n) is 7.39. The van der Waals surface area contributed by atoms with Crippen LogP contribution in [0.1, 0.15) is 38.2 Å². The lowest BCUT2D eigenvalue weighted by molar-refractivity contribution is 0.102. The molecule has 3 aromatic rings. The number of hydrogen-bond acceptors (Lipinski definition) is 6. The van der Waals surface area contributed by atoms with Crippen LogP contribution in [0.4, 0.5) is 5.69 Å². The quantitative estimate of drug-likeness (QED) is 0.364. The maximum Gasteiger partial charge on any atom is 0.275 e. The van der Waals surface area contributed by atoms with Crippen molar-refractivity contribution < 1.29 is 9.53 Å². The first kappa shape index (κ1) is 22.9. The molecule has 0 aliphatic heterocycles. The highest BCUT2D eigenvalue weighted by Gasteiger charge is 2.15. The first-order valence-electron chi connectivity index (χ1n) is 9.84. The number of halogens is 1. The molecule has 2 aromatic heterocycles. The van der Waals surface area contributed by atoms with Crippen molar-refractivity contribution in [3.8, 4) is 15.6 Å². The molecule has 3 rings (SSSR count). The minimum atomic E-state index is -0.229. The number of ether oxygens (including phenoxy) is 1. The normalized spacial score (nSPS) is 11.5. The van der Waals surface area contributed by atoms with Gasteiger partial charge in [-0.2, -0.15) is 0 Å². The fourth-order valence-corrected chi connectivity index (χ4v) is 5.78. The third-order valence-electron chi connectivity index (χ3n) is 4.58. The molecular formula is C22H26BrN3O2S2. The van der Waals surface area contributed by atoms with Crippen molar-refractivity contribution in [3.05, 3.63) is 51.3 Å². The molecule has 0 bridgehead atoms. The van der Waals surface area contributed by atoms with Crippen LogP contribution in [-0.2, 0) is 0 Å². The number of benzene rings is 1. The molecule has 0 aliphatic carbocycles. The van der Waals surface area contributed by atoms with Gasteiger partial charge in [0.25, 0.3) is 5.91 Å². The summed E-state index contributed by atoms with van der Waals surface area (Å²) in [6.45, 7) is 10.2. The van der Waals surface area contributed by atoms with Crippen LogP contribution in [0.15, 0.2) is 45.6 Å². The number of carbonyl (C=O) groups excluding carboxylic acids is 1. The van der Waals surface area contributed by atoms with Gasteiger partial charge < -0.3 is 10.1 Å². The summed E-state index contributed by atoms with van der Waals surface area (Å²) in [6.07, 6.45) is 0. The first-order valence-corrected chi connectivity index (χ1v) is 12.4. The first-order chi connectivity index (χ1) is 14.3. The Balaban J connectivity index is 1.59. The third-order valence-corrected chi connectivity index (χ3v) is 7.42. The van der Waals surface area contributed by atoms with Gasteiger partial charge in [-0.3, -0.25) is 9.69 Å². The summed E-state index contributed by atoms with van der Waals surface area (Å²) in [6, 6.07) is 10.4. The SMILES string of the molecule is CC(C)N(CCOc1cccc(NC(=O)c2csc(-c3sccc3Br)n2)c1)C(C)C. The zero-order chi connectivity index (χ0) is 21.7. The van der Waals surface area contributed by atoms with Gasteiger partial charge >= 0.3 is 0 Å². The molecule has 1 amide bonds. The molecule has 0 spiro atoms. The highest BCUT2D eigenvalue weighted by molar-refractivity contribution is 9.10. The summed E-state index contributed by atoms with van der Waals surface area (Å²) in [7, 11) is 0. The van der Waals surface area contributed by atoms with Gasteiger partial charge in [-0.15, -0.1) is 22.7 Å². The number of rotatable bonds is 9. The van der Waals surface area contributed by atoms with Gasteiger partial charge in [-0.05, 0) is 67.2 Å². The molecule has 1 N–H and O–H groups in total. The zero-order valence-electron chi connectivity index (χ0n) is 17.5. The van der Waals surface area contributed by atoms with Gasteiger partial charge in [0.15, 0.2) is 0 Å². The highest BCUT2D eigenvalue weighted by Crippen LogP contribution is 2.35. The van der Waals surface area contributed by atoms with Crippen molar-refractivity contribution in [3.63, 3.8) is 0 Å². The second kappa shape index (κ2) is 10.5. The van der Waals surface area contributed by atoms with E-state index in [-0.39, 0.29) is 5.91 Å². The Morgan fingerprint density at radius 3 is 2.63 bits per heavy atom. The third kappa shape index (κ3) is 5.91. The van der Waals surface area contributed by atoms with Crippen molar-refractivity contribution in [2.24, 2.45) is 0 Å². The van der Waals surface area contributed by atoms with Crippen molar-refractivity contribution in [1.29, 1.82) is 0 Å². The molecule has 0 atom stereocenters. The number of thiazole rings is 1. The monoisotopic (exact) mass is 507 g/mol. The average molecular weight is 509 g/mol. The molecule has 0 aliphatic rings. The Morgan fingerprint density at radius 1 is 1.20 bits per heavy atom. The maximum atomic E-state index is 12.6. The lowest BCUT2D eigenvalue weighted by Crippen LogP contribution is -2.39. The van der Waals surface area contributed by atoms with Crippen molar-refractivity contribution in [2.75, 3.05) is 18.5 Å². The van der Waals surface area contributed by atoms with Crippen LogP contribution in [0.25, 0.3) is 9.88 Å². The minimum Gasteiger partial charge on any atom is -0.492 e. The largest absolute Gasteiger partial charge is 0.492 e. The van der Waals surface area contributed by atoms with Gasteiger partial charge in [0.05, 0.1) is 4.88 Å². The molecule has 0 saturated carbocycles. The predicted molar refractivity (Wildman–Crippen MR) is 130 cm³/mol. The molecule has 2 heterocycles. The van der Waals surface area contributed by atoms with E-state index in [4.69, 9.17) is 4.74 Å². The Kier molecular flexibility index (Phi) is 8.05. The average Bonchev–Trinajstić information content (AvgIpc) is 3.33. The fraction of sp³-hybridized carbons (Fsp3) is 0.364. The van der Waals surface area contributed by atoms with Gasteiger partial charge in [0.2, 0.25) is 0 Å². The summed E-state index contributed by atoms with van der Waals surface area (Å²) in [5, 5.41) is 7.52. The van der Waals surface area contributed by atoms with Gasteiger partial charge in [0, 0.05) is 40.2 Å². The molecule has 0 radical (unpaired) electrons. The second-order valence-corrected chi connectivity index (χ2v) is 10.0. The number of thiophene rings is 1. The number of aromatic nitrogens is 1. The summed E-state index contributed by atoms with van der Waals surface area (Å²) >= 11 is 6.57. The summed E-state index contributed by atoms with van der Waals surface area (Å²) in [4.78, 5) is 20.5. The molecule has 30 heavy (non-hydrogen) atoms. The zero-order valence-corrected chi connectivity index (χ0v) is 20.7. The predicted octanol–water partition coefficient (Wildman–Crippen LogP) is 6.38. The number of hydrogen-bond donors (Lipinski definition) is 1. The number of anilines is 1. The highest BCUT2D eigenvalue weighted by atomic mass is 79.9. The van der Waals surface area contributed by atoms with Crippen LogP contribution in [0.2, 0.25) is 0 Å². The van der Waals surface area contributed by atoms with Crippen molar-refractivity contribution in [2.45, 2.75) is 39.8 Å². The molecular weight excluding hydrogens is 482 g/mol. The standard InChI is InChI=1S/C22H26BrN3O2S2/c1-14(2)26(15(3)4)9-10-28-17-7-5-6-16(12-17)24-21(27)19-13-30-22(25-19)20-18(23)8-11-29-20/h5-8,11-15H,9-10H2,1-4H3,(H,24,27). The summed E-state index contributed by atoms with van der Waals surface area (Å²) in [5.41, 5.74) is 1.10. The van der Waals surface area contributed by atoms with E-state index >= 15 is 0 Å². The molecule has 8 heteroatoms. The van der Waals surface area contributed by atoms with Gasteiger partial charge in [-0.25, -0.2) is 4.98 Å². The minimum absolute atomic E-state index is 0.229. The van der Waals surface area contributed by atoms with E-state index in [1.54, 1.807) is 16.7 Å². The van der Waals surface area contributed by atoms with Crippen LogP contribution in [0, 0.1) is 0 Å². The van der Waals surface area contributed by atoms with E-state index in [9.17, 15) is 4.79 Å². The number of amides is 1. The lowest BCUT2D eigenvalue weighted by Gasteiger charge is -2.30. The number of nitrogens with zero attached hydrogens (tertiary/aromatic N) is 2. The van der Waals surface area contributed by atoms with E-state index in [0.29, 0.717) is 30.1 Å². The van der Waals surface area contributed by atoms with Crippen LogP contribution < -0.4 is 10.1 Å². The smallest absolute Gasteiger partial charge is 0.275 e. The van der Waals surface area contributed by atoms with E-state index in [1.165, 1.54) is 11.3 Å². The fourth-order valence-electron chi connectivity index (χ4n) is 3.17. The number of carbonyl (C=O) groups is 1. The van der Waals surface area contributed by atoms with E-state index in [2.05, 4.69) is 58.8 Å². The lowest BCUT2D eigenvalue weighted by atomic mass is 10.2. The molecule has 160 valence electrons. The molecule has 1 aromatic carbocycles. The molecule has 0 saturated heterocycles. The summed E-state index contributed by atoms with van der Waals surface area (Å²) < 4.78 is 6.91. The van der Waals surface area contributed by atoms with Gasteiger partial charge in [0.1, 0.15) is 23.1 Å². The van der Waals surface area contributed by atoms with E-state index < -0.39 is 0 Å². The Bertz CT molecular complexity index is 976. The van der Waals surface area contributed by atoms with Crippen LogP contribution in [0.3, 0.4) is 0 Å². The molecule has 0 unspecified atom stereocenters. The molecule has 0 fully saturated rings. The topological polar surface area (TPSA) is 54.5 Å². The maximum absolute atomic E-state index is 12.6. The van der Waals surface area contributed by atoms with Crippen LogP contribution in [0.5, 0.6) is 5.75 Å². The van der Waals surface area contributed by atoms with E-state index in [0.717, 1.165) is 26.7 Å². The molecule has 5 nitrogen and oxygen atoms in total. The number of nitrogens with one attached hydrogen (secondary N) is 1. The van der Waals surface area contributed by atoms with Crippen LogP contribution >= 0.6 is 38.6 Å². The Hall–Kier alpha value is -1.74. The van der Waals surface area contributed by atoms with E-state index in [1.807, 2.05) is 35.7 Å². The Morgan fingerprint density at radius 2 is 1.97 bits per heavy atom. The van der Waals surface area contributed by atoms with Crippen molar-refractivity contribution in [1.82, 2.24) is 9.88 Å². The van der Waals surface area contributed by atoms with Crippen LogP contribution in [-0.4, -0.2) is 41.0 Å².